The Morgan fingerprint density at radius 1 is 1.53 bits per heavy atom. The molecule has 0 aliphatic carbocycles. The molecule has 6 nitrogen and oxygen atoms in total. The van der Waals surface area contributed by atoms with Crippen LogP contribution >= 0.6 is 0 Å². The van der Waals surface area contributed by atoms with Gasteiger partial charge >= 0.3 is 0 Å². The molecule has 1 aromatic heterocycles. The first kappa shape index (κ1) is 11.2. The molecular formula is C9H15N5O. The van der Waals surface area contributed by atoms with Crippen LogP contribution in [-0.4, -0.2) is 29.0 Å². The molecule has 82 valence electrons. The zero-order chi connectivity index (χ0) is 11.1. The van der Waals surface area contributed by atoms with E-state index in [0.717, 1.165) is 6.42 Å². The molecule has 0 saturated heterocycles. The lowest BCUT2D eigenvalue weighted by Crippen LogP contribution is -2.30. The van der Waals surface area contributed by atoms with Crippen LogP contribution in [0.5, 0.6) is 0 Å². The van der Waals surface area contributed by atoms with Crippen molar-refractivity contribution in [1.29, 1.82) is 0 Å². The highest BCUT2D eigenvalue weighted by atomic mass is 16.1. The number of anilines is 2. The van der Waals surface area contributed by atoms with E-state index in [0.29, 0.717) is 18.2 Å². The Labute approximate surface area is 88.3 Å². The summed E-state index contributed by atoms with van der Waals surface area (Å²) in [4.78, 5) is 18.9. The number of hydrogen-bond acceptors (Lipinski definition) is 5. The van der Waals surface area contributed by atoms with Crippen molar-refractivity contribution in [2.24, 2.45) is 0 Å². The van der Waals surface area contributed by atoms with Crippen LogP contribution in [0.4, 0.5) is 11.6 Å². The maximum atomic E-state index is 11.2. The topological polar surface area (TPSA) is 92.9 Å². The molecule has 0 aliphatic heterocycles. The largest absolute Gasteiger partial charge is 0.384 e. The van der Waals surface area contributed by atoms with Gasteiger partial charge in [-0.25, -0.2) is 9.97 Å². The van der Waals surface area contributed by atoms with Crippen LogP contribution in [-0.2, 0) is 4.79 Å². The van der Waals surface area contributed by atoms with Gasteiger partial charge in [-0.1, -0.05) is 6.92 Å². The van der Waals surface area contributed by atoms with Gasteiger partial charge in [0.2, 0.25) is 5.91 Å². The van der Waals surface area contributed by atoms with Crippen LogP contribution in [0.25, 0.3) is 0 Å². The van der Waals surface area contributed by atoms with Crippen LogP contribution in [0.15, 0.2) is 12.4 Å². The zero-order valence-corrected chi connectivity index (χ0v) is 8.66. The second-order valence-corrected chi connectivity index (χ2v) is 3.03. The highest BCUT2D eigenvalue weighted by Crippen LogP contribution is 2.03. The van der Waals surface area contributed by atoms with E-state index >= 15 is 0 Å². The van der Waals surface area contributed by atoms with Crippen LogP contribution in [0.1, 0.15) is 13.3 Å². The minimum absolute atomic E-state index is 0.0611. The summed E-state index contributed by atoms with van der Waals surface area (Å²) in [6.07, 6.45) is 2.27. The molecular weight excluding hydrogens is 194 g/mol. The standard InChI is InChI=1S/C9H15N5O/c1-2-3-11-9(15)5-12-8-4-7(10)13-6-14-8/h4,6H,2-3,5H2,1H3,(H,11,15)(H3,10,12,13,14). The van der Waals surface area contributed by atoms with Crippen molar-refractivity contribution < 1.29 is 4.79 Å². The fraction of sp³-hybridized carbons (Fsp3) is 0.444. The molecule has 1 heterocycles. The van der Waals surface area contributed by atoms with E-state index in [9.17, 15) is 4.79 Å². The molecule has 0 radical (unpaired) electrons. The third kappa shape index (κ3) is 4.26. The van der Waals surface area contributed by atoms with Gasteiger partial charge in [-0.3, -0.25) is 4.79 Å². The summed E-state index contributed by atoms with van der Waals surface area (Å²) in [5.41, 5.74) is 5.45. The third-order valence-corrected chi connectivity index (χ3v) is 1.69. The number of hydrogen-bond donors (Lipinski definition) is 3. The second-order valence-electron chi connectivity index (χ2n) is 3.03. The molecule has 0 unspecified atom stereocenters. The fourth-order valence-electron chi connectivity index (χ4n) is 0.967. The summed E-state index contributed by atoms with van der Waals surface area (Å²) in [5, 5.41) is 5.59. The number of carbonyl (C=O) groups excluding carboxylic acids is 1. The number of nitrogens with zero attached hydrogens (tertiary/aromatic N) is 2. The van der Waals surface area contributed by atoms with Gasteiger partial charge in [-0.15, -0.1) is 0 Å². The van der Waals surface area contributed by atoms with E-state index in [1.165, 1.54) is 6.33 Å². The average molecular weight is 209 g/mol. The van der Waals surface area contributed by atoms with Crippen LogP contribution in [0.3, 0.4) is 0 Å². The van der Waals surface area contributed by atoms with Crippen molar-refractivity contribution in [3.8, 4) is 0 Å². The Morgan fingerprint density at radius 2 is 2.33 bits per heavy atom. The molecule has 0 saturated carbocycles. The zero-order valence-electron chi connectivity index (χ0n) is 8.66. The van der Waals surface area contributed by atoms with Crippen LogP contribution in [0, 0.1) is 0 Å². The minimum atomic E-state index is -0.0611. The summed E-state index contributed by atoms with van der Waals surface area (Å²) < 4.78 is 0. The van der Waals surface area contributed by atoms with E-state index in [4.69, 9.17) is 5.73 Å². The molecule has 0 bridgehead atoms. The number of aromatic nitrogens is 2. The van der Waals surface area contributed by atoms with Gasteiger partial charge in [-0.05, 0) is 6.42 Å². The maximum Gasteiger partial charge on any atom is 0.239 e. The van der Waals surface area contributed by atoms with E-state index in [2.05, 4.69) is 20.6 Å². The van der Waals surface area contributed by atoms with Crippen LogP contribution in [0.2, 0.25) is 0 Å². The Bertz CT molecular complexity index is 328. The predicted molar refractivity (Wildman–Crippen MR) is 58.2 cm³/mol. The molecule has 0 atom stereocenters. The molecule has 0 aromatic carbocycles. The monoisotopic (exact) mass is 209 g/mol. The van der Waals surface area contributed by atoms with Gasteiger partial charge in [0, 0.05) is 12.6 Å². The van der Waals surface area contributed by atoms with Crippen molar-refractivity contribution >= 4 is 17.5 Å². The van der Waals surface area contributed by atoms with Crippen molar-refractivity contribution in [3.63, 3.8) is 0 Å². The number of nitrogens with two attached hydrogens (primary N) is 1. The molecule has 1 rings (SSSR count). The first-order chi connectivity index (χ1) is 7.22. The Morgan fingerprint density at radius 3 is 3.00 bits per heavy atom. The highest BCUT2D eigenvalue weighted by molar-refractivity contribution is 5.80. The van der Waals surface area contributed by atoms with Crippen LogP contribution < -0.4 is 16.4 Å². The lowest BCUT2D eigenvalue weighted by atomic mass is 10.4. The summed E-state index contributed by atoms with van der Waals surface area (Å²) >= 11 is 0. The SMILES string of the molecule is CCCNC(=O)CNc1cc(N)ncn1. The third-order valence-electron chi connectivity index (χ3n) is 1.69. The molecule has 0 spiro atoms. The Kier molecular flexibility index (Phi) is 4.33. The van der Waals surface area contributed by atoms with Gasteiger partial charge in [0.1, 0.15) is 18.0 Å². The molecule has 4 N–H and O–H groups in total. The predicted octanol–water partition coefficient (Wildman–Crippen LogP) is -0.00310. The average Bonchev–Trinajstić information content (AvgIpc) is 2.23. The number of rotatable bonds is 5. The van der Waals surface area contributed by atoms with Gasteiger partial charge in [0.05, 0.1) is 6.54 Å². The number of nitrogens with one attached hydrogen (secondary N) is 2. The molecule has 1 aromatic rings. The Balaban J connectivity index is 2.33. The Hall–Kier alpha value is -1.85. The quantitative estimate of drug-likeness (QED) is 0.634. The first-order valence-corrected chi connectivity index (χ1v) is 4.80. The maximum absolute atomic E-state index is 11.2. The smallest absolute Gasteiger partial charge is 0.239 e. The lowest BCUT2D eigenvalue weighted by molar-refractivity contribution is -0.119. The van der Waals surface area contributed by atoms with E-state index in [-0.39, 0.29) is 12.5 Å². The van der Waals surface area contributed by atoms with E-state index < -0.39 is 0 Å². The van der Waals surface area contributed by atoms with E-state index in [1.807, 2.05) is 6.92 Å². The molecule has 0 aliphatic rings. The second kappa shape index (κ2) is 5.79. The fourth-order valence-corrected chi connectivity index (χ4v) is 0.967. The van der Waals surface area contributed by atoms with Gasteiger partial charge in [0.25, 0.3) is 0 Å². The molecule has 6 heteroatoms. The number of carbonyl (C=O) groups is 1. The summed E-state index contributed by atoms with van der Waals surface area (Å²) in [6, 6.07) is 1.58. The molecule has 15 heavy (non-hydrogen) atoms. The highest BCUT2D eigenvalue weighted by Gasteiger charge is 2.00. The van der Waals surface area contributed by atoms with Gasteiger partial charge in [0.15, 0.2) is 0 Å². The number of nitrogen functional groups attached to an aromatic ring is 1. The molecule has 0 fully saturated rings. The summed E-state index contributed by atoms with van der Waals surface area (Å²) in [5.74, 6) is 0.865. The van der Waals surface area contributed by atoms with Crippen molar-refractivity contribution in [2.75, 3.05) is 24.1 Å². The number of amides is 1. The summed E-state index contributed by atoms with van der Waals surface area (Å²) in [6.45, 7) is 2.88. The van der Waals surface area contributed by atoms with Crippen molar-refractivity contribution in [3.05, 3.63) is 12.4 Å². The lowest BCUT2D eigenvalue weighted by Gasteiger charge is -2.05. The first-order valence-electron chi connectivity index (χ1n) is 4.80. The molecule has 1 amide bonds. The van der Waals surface area contributed by atoms with Gasteiger partial charge < -0.3 is 16.4 Å². The van der Waals surface area contributed by atoms with Crippen molar-refractivity contribution in [1.82, 2.24) is 15.3 Å². The normalized spacial score (nSPS) is 9.67. The van der Waals surface area contributed by atoms with Gasteiger partial charge in [-0.2, -0.15) is 0 Å². The van der Waals surface area contributed by atoms with Crippen molar-refractivity contribution in [2.45, 2.75) is 13.3 Å². The minimum Gasteiger partial charge on any atom is -0.384 e. The summed E-state index contributed by atoms with van der Waals surface area (Å²) in [7, 11) is 0. The van der Waals surface area contributed by atoms with E-state index in [1.54, 1.807) is 6.07 Å².